The van der Waals surface area contributed by atoms with E-state index in [9.17, 15) is 20.2 Å². The normalized spacial score (nSPS) is 15.0. The number of piperazine rings is 1. The molecule has 0 aliphatic carbocycles. The van der Waals surface area contributed by atoms with Gasteiger partial charge in [-0.15, -0.1) is 0 Å². The minimum absolute atomic E-state index is 0.00494. The van der Waals surface area contributed by atoms with Gasteiger partial charge in [0.15, 0.2) is 0 Å². The molecule has 28 heavy (non-hydrogen) atoms. The Kier molecular flexibility index (Phi) is 5.80. The standard InChI is InChI=1S/C18H20N6O4/c1-21-8-10-22(11-9-21)18-7-6-17(24(27)28)12-14(18)13-19-20-15-2-4-16(5-3-15)23(25)26/h2-7,12-13,20H,8-11H2,1H3/b19-13-. The fraction of sp³-hybridized carbons (Fsp3) is 0.278. The number of benzene rings is 2. The highest BCUT2D eigenvalue weighted by molar-refractivity contribution is 5.89. The first-order valence-corrected chi connectivity index (χ1v) is 8.69. The van der Waals surface area contributed by atoms with Crippen molar-refractivity contribution in [2.45, 2.75) is 0 Å². The highest BCUT2D eigenvalue weighted by Crippen LogP contribution is 2.25. The molecule has 1 aliphatic heterocycles. The van der Waals surface area contributed by atoms with Gasteiger partial charge in [-0.25, -0.2) is 0 Å². The number of hydrogen-bond acceptors (Lipinski definition) is 8. The lowest BCUT2D eigenvalue weighted by atomic mass is 10.1. The predicted molar refractivity (Wildman–Crippen MR) is 107 cm³/mol. The van der Waals surface area contributed by atoms with Crippen LogP contribution in [0.4, 0.5) is 22.7 Å². The minimum atomic E-state index is -0.474. The van der Waals surface area contributed by atoms with E-state index in [0.29, 0.717) is 11.3 Å². The maximum absolute atomic E-state index is 11.1. The second-order valence-electron chi connectivity index (χ2n) is 6.46. The van der Waals surface area contributed by atoms with Gasteiger partial charge in [0.05, 0.1) is 21.7 Å². The van der Waals surface area contributed by atoms with E-state index in [1.54, 1.807) is 18.2 Å². The average Bonchev–Trinajstić information content (AvgIpc) is 2.69. The maximum atomic E-state index is 11.1. The van der Waals surface area contributed by atoms with Crippen LogP contribution in [0.1, 0.15) is 5.56 Å². The predicted octanol–water partition coefficient (Wildman–Crippen LogP) is 2.70. The lowest BCUT2D eigenvalue weighted by Gasteiger charge is -2.34. The van der Waals surface area contributed by atoms with Gasteiger partial charge in [-0.2, -0.15) is 5.10 Å². The van der Waals surface area contributed by atoms with Crippen LogP contribution in [0.5, 0.6) is 0 Å². The van der Waals surface area contributed by atoms with Crippen molar-refractivity contribution in [1.29, 1.82) is 0 Å². The Balaban J connectivity index is 1.80. The van der Waals surface area contributed by atoms with Crippen LogP contribution in [0.3, 0.4) is 0 Å². The Morgan fingerprint density at radius 3 is 2.18 bits per heavy atom. The Labute approximate surface area is 161 Å². The van der Waals surface area contributed by atoms with Crippen LogP contribution in [0, 0.1) is 20.2 Å². The summed E-state index contributed by atoms with van der Waals surface area (Å²) in [7, 11) is 2.06. The number of hydrazone groups is 1. The van der Waals surface area contributed by atoms with Crippen molar-refractivity contribution in [1.82, 2.24) is 4.90 Å². The molecular weight excluding hydrogens is 364 g/mol. The molecule has 0 unspecified atom stereocenters. The van der Waals surface area contributed by atoms with E-state index in [4.69, 9.17) is 0 Å². The number of likely N-dealkylation sites (N-methyl/N-ethyl adjacent to an activating group) is 1. The Morgan fingerprint density at radius 1 is 0.964 bits per heavy atom. The first-order valence-electron chi connectivity index (χ1n) is 8.69. The summed E-state index contributed by atoms with van der Waals surface area (Å²) >= 11 is 0. The minimum Gasteiger partial charge on any atom is -0.368 e. The molecule has 0 radical (unpaired) electrons. The molecular formula is C18H20N6O4. The molecule has 0 saturated carbocycles. The Bertz CT molecular complexity index is 891. The van der Waals surface area contributed by atoms with Crippen molar-refractivity contribution >= 4 is 29.0 Å². The van der Waals surface area contributed by atoms with Crippen LogP contribution in [-0.4, -0.2) is 54.2 Å². The van der Waals surface area contributed by atoms with E-state index < -0.39 is 9.85 Å². The quantitative estimate of drug-likeness (QED) is 0.462. The molecule has 1 heterocycles. The summed E-state index contributed by atoms with van der Waals surface area (Å²) in [6.45, 7) is 3.47. The first kappa shape index (κ1) is 19.2. The number of anilines is 2. The molecule has 0 atom stereocenters. The third-order valence-corrected chi connectivity index (χ3v) is 4.54. The van der Waals surface area contributed by atoms with Crippen LogP contribution in [-0.2, 0) is 0 Å². The van der Waals surface area contributed by atoms with Crippen LogP contribution in [0.25, 0.3) is 0 Å². The summed E-state index contributed by atoms with van der Waals surface area (Å²) in [6, 6.07) is 10.6. The van der Waals surface area contributed by atoms with Crippen molar-refractivity contribution in [3.05, 3.63) is 68.3 Å². The van der Waals surface area contributed by atoms with Crippen LogP contribution in [0.15, 0.2) is 47.6 Å². The van der Waals surface area contributed by atoms with Gasteiger partial charge in [0.2, 0.25) is 0 Å². The monoisotopic (exact) mass is 384 g/mol. The molecule has 1 saturated heterocycles. The van der Waals surface area contributed by atoms with Crippen LogP contribution >= 0.6 is 0 Å². The lowest BCUT2D eigenvalue weighted by Crippen LogP contribution is -2.44. The van der Waals surface area contributed by atoms with Gasteiger partial charge in [-0.1, -0.05) is 0 Å². The van der Waals surface area contributed by atoms with E-state index in [1.807, 2.05) is 0 Å². The number of hydrogen-bond donors (Lipinski definition) is 1. The van der Waals surface area contributed by atoms with E-state index in [1.165, 1.54) is 30.5 Å². The van der Waals surface area contributed by atoms with Crippen molar-refractivity contribution in [2.75, 3.05) is 43.6 Å². The summed E-state index contributed by atoms with van der Waals surface area (Å²) in [6.07, 6.45) is 1.53. The third-order valence-electron chi connectivity index (χ3n) is 4.54. The fourth-order valence-corrected chi connectivity index (χ4v) is 2.93. The van der Waals surface area contributed by atoms with E-state index in [0.717, 1.165) is 31.9 Å². The summed E-state index contributed by atoms with van der Waals surface area (Å²) in [5.74, 6) is 0. The SMILES string of the molecule is CN1CCN(c2ccc([N+](=O)[O-])cc2/C=N\Nc2ccc([N+](=O)[O-])cc2)CC1. The fourth-order valence-electron chi connectivity index (χ4n) is 2.93. The van der Waals surface area contributed by atoms with Crippen molar-refractivity contribution in [3.8, 4) is 0 Å². The second-order valence-corrected chi connectivity index (χ2v) is 6.46. The van der Waals surface area contributed by atoms with Gasteiger partial charge in [0, 0.05) is 61.7 Å². The van der Waals surface area contributed by atoms with E-state index in [-0.39, 0.29) is 11.4 Å². The number of nitro groups is 2. The van der Waals surface area contributed by atoms with Gasteiger partial charge in [0.1, 0.15) is 0 Å². The van der Waals surface area contributed by atoms with E-state index in [2.05, 4.69) is 27.4 Å². The molecule has 2 aromatic carbocycles. The number of nitrogens with zero attached hydrogens (tertiary/aromatic N) is 5. The van der Waals surface area contributed by atoms with Gasteiger partial charge in [-0.3, -0.25) is 25.7 Å². The molecule has 3 rings (SSSR count). The Morgan fingerprint density at radius 2 is 1.57 bits per heavy atom. The average molecular weight is 384 g/mol. The summed E-state index contributed by atoms with van der Waals surface area (Å²) < 4.78 is 0. The summed E-state index contributed by atoms with van der Waals surface area (Å²) in [5.41, 5.74) is 4.87. The lowest BCUT2D eigenvalue weighted by molar-refractivity contribution is -0.385. The summed E-state index contributed by atoms with van der Waals surface area (Å²) in [4.78, 5) is 25.3. The third kappa shape index (κ3) is 4.60. The van der Waals surface area contributed by atoms with Gasteiger partial charge in [-0.05, 0) is 25.2 Å². The second kappa shape index (κ2) is 8.44. The molecule has 1 aliphatic rings. The zero-order valence-corrected chi connectivity index (χ0v) is 15.3. The molecule has 146 valence electrons. The van der Waals surface area contributed by atoms with Gasteiger partial charge >= 0.3 is 0 Å². The molecule has 2 aromatic rings. The highest BCUT2D eigenvalue weighted by Gasteiger charge is 2.18. The van der Waals surface area contributed by atoms with Crippen LogP contribution in [0.2, 0.25) is 0 Å². The molecule has 0 bridgehead atoms. The zero-order chi connectivity index (χ0) is 20.1. The smallest absolute Gasteiger partial charge is 0.270 e. The highest BCUT2D eigenvalue weighted by atomic mass is 16.6. The molecule has 0 spiro atoms. The molecule has 0 amide bonds. The van der Waals surface area contributed by atoms with E-state index >= 15 is 0 Å². The molecule has 10 nitrogen and oxygen atoms in total. The number of nitro benzene ring substituents is 2. The topological polar surface area (TPSA) is 117 Å². The number of rotatable bonds is 6. The number of nitrogens with one attached hydrogen (secondary N) is 1. The van der Waals surface area contributed by atoms with Gasteiger partial charge in [0.25, 0.3) is 11.4 Å². The molecule has 1 N–H and O–H groups in total. The number of non-ortho nitro benzene ring substituents is 2. The first-order chi connectivity index (χ1) is 13.4. The molecule has 0 aromatic heterocycles. The Hall–Kier alpha value is -3.53. The largest absolute Gasteiger partial charge is 0.368 e. The van der Waals surface area contributed by atoms with Crippen molar-refractivity contribution < 1.29 is 9.85 Å². The summed E-state index contributed by atoms with van der Waals surface area (Å²) in [5, 5.41) is 26.0. The zero-order valence-electron chi connectivity index (χ0n) is 15.3. The maximum Gasteiger partial charge on any atom is 0.270 e. The van der Waals surface area contributed by atoms with Crippen molar-refractivity contribution in [2.24, 2.45) is 5.10 Å². The van der Waals surface area contributed by atoms with Gasteiger partial charge < -0.3 is 9.80 Å². The molecule has 1 fully saturated rings. The van der Waals surface area contributed by atoms with Crippen LogP contribution < -0.4 is 10.3 Å². The van der Waals surface area contributed by atoms with Crippen molar-refractivity contribution in [3.63, 3.8) is 0 Å². The molecule has 10 heteroatoms.